The summed E-state index contributed by atoms with van der Waals surface area (Å²) in [6.45, 7) is 2.17. The van der Waals surface area contributed by atoms with Gasteiger partial charge in [-0.25, -0.2) is 0 Å². The number of halogens is 1. The van der Waals surface area contributed by atoms with E-state index in [1.54, 1.807) is 0 Å². The molecule has 2 N–H and O–H groups in total. The number of nitrogens with one attached hydrogen (secondary N) is 1. The summed E-state index contributed by atoms with van der Waals surface area (Å²) >= 11 is 0. The van der Waals surface area contributed by atoms with Crippen molar-refractivity contribution >= 4 is 12.4 Å². The number of aromatic hydroxyl groups is 1. The van der Waals surface area contributed by atoms with Gasteiger partial charge in [0, 0.05) is 5.41 Å². The zero-order chi connectivity index (χ0) is 23.9. The summed E-state index contributed by atoms with van der Waals surface area (Å²) in [6, 6.07) is 41.1. The molecule has 0 aromatic heterocycles. The molecule has 1 atom stereocenters. The minimum Gasteiger partial charge on any atom is -0.508 e. The summed E-state index contributed by atoms with van der Waals surface area (Å²) in [6.07, 6.45) is 4.48. The van der Waals surface area contributed by atoms with Crippen molar-refractivity contribution in [3.63, 3.8) is 0 Å². The first-order valence-corrected chi connectivity index (χ1v) is 12.9. The summed E-state index contributed by atoms with van der Waals surface area (Å²) in [4.78, 5) is 0. The minimum absolute atomic E-state index is 0. The maximum absolute atomic E-state index is 9.94. The Hall–Kier alpha value is -3.07. The SMILES string of the molecule is Cl.Oc1ccc(C(CCC(c2ccccc2)(c2ccccc2)c2ccccc2)C2CCNCC2)cc1. The first kappa shape index (κ1) is 26.0. The van der Waals surface area contributed by atoms with E-state index in [1.165, 1.54) is 35.1 Å². The highest BCUT2D eigenvalue weighted by atomic mass is 35.5. The average Bonchev–Trinajstić information content (AvgIpc) is 2.94. The lowest BCUT2D eigenvalue weighted by molar-refractivity contribution is 0.294. The van der Waals surface area contributed by atoms with E-state index >= 15 is 0 Å². The van der Waals surface area contributed by atoms with Gasteiger partial charge in [0.25, 0.3) is 0 Å². The van der Waals surface area contributed by atoms with Crippen LogP contribution in [0.5, 0.6) is 5.75 Å². The van der Waals surface area contributed by atoms with Crippen molar-refractivity contribution in [3.8, 4) is 5.75 Å². The fraction of sp³-hybridized carbons (Fsp3) is 0.273. The van der Waals surface area contributed by atoms with Crippen LogP contribution in [0, 0.1) is 5.92 Å². The second-order valence-electron chi connectivity index (χ2n) is 9.83. The van der Waals surface area contributed by atoms with E-state index in [1.807, 2.05) is 12.1 Å². The summed E-state index contributed by atoms with van der Waals surface area (Å²) in [5.41, 5.74) is 5.13. The molecular weight excluding hydrogens is 462 g/mol. The average molecular weight is 498 g/mol. The van der Waals surface area contributed by atoms with E-state index in [2.05, 4.69) is 108 Å². The lowest BCUT2D eigenvalue weighted by Gasteiger charge is -2.39. The van der Waals surface area contributed by atoms with Crippen LogP contribution in [0.1, 0.15) is 53.9 Å². The molecule has 3 heteroatoms. The fourth-order valence-corrected chi connectivity index (χ4v) is 6.12. The number of piperidine rings is 1. The molecule has 0 radical (unpaired) electrons. The van der Waals surface area contributed by atoms with Crippen LogP contribution in [-0.4, -0.2) is 18.2 Å². The molecule has 5 rings (SSSR count). The first-order chi connectivity index (χ1) is 17.3. The third-order valence-corrected chi connectivity index (χ3v) is 7.90. The molecule has 0 spiro atoms. The van der Waals surface area contributed by atoms with Crippen molar-refractivity contribution in [2.75, 3.05) is 13.1 Å². The van der Waals surface area contributed by atoms with E-state index in [9.17, 15) is 5.11 Å². The smallest absolute Gasteiger partial charge is 0.115 e. The zero-order valence-electron chi connectivity index (χ0n) is 20.7. The van der Waals surface area contributed by atoms with Crippen LogP contribution in [0.4, 0.5) is 0 Å². The lowest BCUT2D eigenvalue weighted by Crippen LogP contribution is -2.33. The summed E-state index contributed by atoms with van der Waals surface area (Å²) in [5, 5.41) is 13.5. The van der Waals surface area contributed by atoms with Crippen LogP contribution in [0.3, 0.4) is 0 Å². The summed E-state index contributed by atoms with van der Waals surface area (Å²) < 4.78 is 0. The van der Waals surface area contributed by atoms with Crippen LogP contribution in [0.25, 0.3) is 0 Å². The number of hydrogen-bond acceptors (Lipinski definition) is 2. The molecule has 2 nitrogen and oxygen atoms in total. The van der Waals surface area contributed by atoms with E-state index in [0.29, 0.717) is 17.6 Å². The van der Waals surface area contributed by atoms with Gasteiger partial charge in [-0.15, -0.1) is 12.4 Å². The first-order valence-electron chi connectivity index (χ1n) is 12.9. The molecule has 0 aliphatic carbocycles. The monoisotopic (exact) mass is 497 g/mol. The Morgan fingerprint density at radius 3 is 1.56 bits per heavy atom. The van der Waals surface area contributed by atoms with E-state index in [-0.39, 0.29) is 17.8 Å². The third kappa shape index (κ3) is 5.51. The number of phenolic OH excluding ortho intramolecular Hbond substituents is 1. The molecule has 1 unspecified atom stereocenters. The Kier molecular flexibility index (Phi) is 8.85. The Bertz CT molecular complexity index is 1080. The number of rotatable bonds is 8. The van der Waals surface area contributed by atoms with Gasteiger partial charge in [0.15, 0.2) is 0 Å². The molecule has 1 saturated heterocycles. The van der Waals surface area contributed by atoms with Crippen LogP contribution < -0.4 is 5.32 Å². The molecule has 0 amide bonds. The quantitative estimate of drug-likeness (QED) is 0.244. The van der Waals surface area contributed by atoms with Gasteiger partial charge in [-0.2, -0.15) is 0 Å². The minimum atomic E-state index is -0.230. The standard InChI is InChI=1S/C33H35NO.ClH/c35-31-18-16-26(17-19-31)32(27-21-24-34-25-22-27)20-23-33(28-10-4-1-5-11-28,29-12-6-2-7-13-29)30-14-8-3-9-15-30;/h1-19,27,32,34-35H,20-25H2;1H. The van der Waals surface area contributed by atoms with Crippen LogP contribution in [0.15, 0.2) is 115 Å². The Balaban J connectivity index is 0.00000304. The van der Waals surface area contributed by atoms with Gasteiger partial charge in [-0.05, 0) is 85.0 Å². The second kappa shape index (κ2) is 12.3. The highest BCUT2D eigenvalue weighted by Gasteiger charge is 2.37. The van der Waals surface area contributed by atoms with Gasteiger partial charge in [-0.1, -0.05) is 103 Å². The molecule has 0 saturated carbocycles. The second-order valence-corrected chi connectivity index (χ2v) is 9.83. The molecule has 1 aliphatic heterocycles. The van der Waals surface area contributed by atoms with E-state index in [4.69, 9.17) is 0 Å². The highest BCUT2D eigenvalue weighted by molar-refractivity contribution is 5.85. The molecule has 0 bridgehead atoms. The van der Waals surface area contributed by atoms with Gasteiger partial charge in [0.2, 0.25) is 0 Å². The van der Waals surface area contributed by atoms with Crippen molar-refractivity contribution in [2.45, 2.75) is 37.0 Å². The van der Waals surface area contributed by atoms with Crippen molar-refractivity contribution in [1.29, 1.82) is 0 Å². The van der Waals surface area contributed by atoms with E-state index < -0.39 is 0 Å². The molecule has 186 valence electrons. The zero-order valence-corrected chi connectivity index (χ0v) is 21.5. The number of benzene rings is 4. The van der Waals surface area contributed by atoms with Crippen molar-refractivity contribution < 1.29 is 5.11 Å². The maximum atomic E-state index is 9.94. The molecular formula is C33H36ClNO. The summed E-state index contributed by atoms with van der Waals surface area (Å²) in [5.74, 6) is 1.43. The van der Waals surface area contributed by atoms with Crippen LogP contribution >= 0.6 is 12.4 Å². The molecule has 1 fully saturated rings. The highest BCUT2D eigenvalue weighted by Crippen LogP contribution is 2.46. The number of hydrogen-bond donors (Lipinski definition) is 2. The largest absolute Gasteiger partial charge is 0.508 e. The Morgan fingerprint density at radius 1 is 0.667 bits per heavy atom. The topological polar surface area (TPSA) is 32.3 Å². The predicted molar refractivity (Wildman–Crippen MR) is 152 cm³/mol. The number of phenols is 1. The van der Waals surface area contributed by atoms with Crippen molar-refractivity contribution in [3.05, 3.63) is 138 Å². The van der Waals surface area contributed by atoms with Crippen LogP contribution in [0.2, 0.25) is 0 Å². The molecule has 36 heavy (non-hydrogen) atoms. The molecule has 1 aliphatic rings. The van der Waals surface area contributed by atoms with Gasteiger partial charge in [-0.3, -0.25) is 0 Å². The van der Waals surface area contributed by atoms with Gasteiger partial charge in [0.05, 0.1) is 0 Å². The van der Waals surface area contributed by atoms with Crippen LogP contribution in [-0.2, 0) is 5.41 Å². The lowest BCUT2D eigenvalue weighted by atomic mass is 9.64. The van der Waals surface area contributed by atoms with E-state index in [0.717, 1.165) is 25.9 Å². The molecule has 4 aromatic rings. The van der Waals surface area contributed by atoms with Gasteiger partial charge in [0.1, 0.15) is 5.75 Å². The van der Waals surface area contributed by atoms with Gasteiger partial charge < -0.3 is 10.4 Å². The predicted octanol–water partition coefficient (Wildman–Crippen LogP) is 7.71. The maximum Gasteiger partial charge on any atom is 0.115 e. The van der Waals surface area contributed by atoms with Crippen molar-refractivity contribution in [1.82, 2.24) is 5.32 Å². The van der Waals surface area contributed by atoms with Crippen molar-refractivity contribution in [2.24, 2.45) is 5.92 Å². The molecule has 4 aromatic carbocycles. The Labute approximate surface area is 221 Å². The normalized spacial score (nSPS) is 15.1. The summed E-state index contributed by atoms with van der Waals surface area (Å²) in [7, 11) is 0. The Morgan fingerprint density at radius 2 is 1.11 bits per heavy atom. The van der Waals surface area contributed by atoms with Gasteiger partial charge >= 0.3 is 0 Å². The molecule has 1 heterocycles. The fourth-order valence-electron chi connectivity index (χ4n) is 6.12. The third-order valence-electron chi connectivity index (χ3n) is 7.90.